The van der Waals surface area contributed by atoms with Crippen LogP contribution in [0.4, 0.5) is 5.69 Å². The molecule has 2 amide bonds. The van der Waals surface area contributed by atoms with Gasteiger partial charge < -0.3 is 10.2 Å². The van der Waals surface area contributed by atoms with Gasteiger partial charge in [0.1, 0.15) is 0 Å². The van der Waals surface area contributed by atoms with Crippen LogP contribution in [-0.2, 0) is 0 Å². The molecule has 0 aliphatic carbocycles. The van der Waals surface area contributed by atoms with Crippen LogP contribution in [0.25, 0.3) is 10.9 Å². The normalized spacial score (nSPS) is 14.5. The van der Waals surface area contributed by atoms with E-state index >= 15 is 0 Å². The molecule has 5 nitrogen and oxygen atoms in total. The van der Waals surface area contributed by atoms with Crippen molar-refractivity contribution >= 4 is 28.4 Å². The predicted octanol–water partition coefficient (Wildman–Crippen LogP) is 4.50. The number of fused-ring (bicyclic) bond motifs is 1. The Kier molecular flexibility index (Phi) is 5.33. The highest BCUT2D eigenvalue weighted by Gasteiger charge is 2.18. The molecule has 1 fully saturated rings. The number of hydrogen-bond donors (Lipinski definition) is 1. The summed E-state index contributed by atoms with van der Waals surface area (Å²) in [4.78, 5) is 31.9. The maximum absolute atomic E-state index is 12.8. The molecule has 1 aliphatic rings. The Morgan fingerprint density at radius 3 is 2.39 bits per heavy atom. The van der Waals surface area contributed by atoms with Crippen LogP contribution < -0.4 is 5.32 Å². The molecule has 0 bridgehead atoms. The summed E-state index contributed by atoms with van der Waals surface area (Å²) < 4.78 is 0. The number of carbonyl (C=O) groups is 2. The first-order chi connectivity index (χ1) is 13.7. The van der Waals surface area contributed by atoms with Gasteiger partial charge in [-0.3, -0.25) is 14.6 Å². The number of pyridine rings is 1. The van der Waals surface area contributed by atoms with E-state index in [1.165, 1.54) is 12.8 Å². The van der Waals surface area contributed by atoms with Gasteiger partial charge in [-0.15, -0.1) is 0 Å². The van der Waals surface area contributed by atoms with Gasteiger partial charge in [-0.25, -0.2) is 0 Å². The molecule has 4 rings (SSSR count). The highest BCUT2D eigenvalue weighted by molar-refractivity contribution is 6.09. The lowest BCUT2D eigenvalue weighted by atomic mass is 10.1. The van der Waals surface area contributed by atoms with Crippen molar-refractivity contribution in [1.29, 1.82) is 0 Å². The molecule has 5 heteroatoms. The molecule has 1 saturated heterocycles. The zero-order chi connectivity index (χ0) is 19.3. The maximum atomic E-state index is 12.8. The average Bonchev–Trinajstić information content (AvgIpc) is 3.03. The number of para-hydroxylation sites is 1. The number of rotatable bonds is 3. The summed E-state index contributed by atoms with van der Waals surface area (Å²) in [6.07, 6.45) is 6.13. The van der Waals surface area contributed by atoms with Crippen LogP contribution in [-0.4, -0.2) is 34.8 Å². The summed E-state index contributed by atoms with van der Waals surface area (Å²) in [5.41, 5.74) is 2.43. The molecule has 0 radical (unpaired) electrons. The first-order valence-electron chi connectivity index (χ1n) is 9.77. The largest absolute Gasteiger partial charge is 0.339 e. The number of amides is 2. The third-order valence-corrected chi connectivity index (χ3v) is 5.15. The van der Waals surface area contributed by atoms with Crippen molar-refractivity contribution in [2.24, 2.45) is 0 Å². The second kappa shape index (κ2) is 8.21. The van der Waals surface area contributed by atoms with E-state index in [4.69, 9.17) is 0 Å². The number of carbonyl (C=O) groups excluding carboxylic acids is 2. The van der Waals surface area contributed by atoms with Crippen molar-refractivity contribution in [3.63, 3.8) is 0 Å². The number of hydrogen-bond acceptors (Lipinski definition) is 3. The van der Waals surface area contributed by atoms with Gasteiger partial charge in [0.15, 0.2) is 0 Å². The highest BCUT2D eigenvalue weighted by Crippen LogP contribution is 2.22. The molecule has 0 saturated carbocycles. The summed E-state index contributed by atoms with van der Waals surface area (Å²) in [7, 11) is 0. The van der Waals surface area contributed by atoms with E-state index in [-0.39, 0.29) is 11.8 Å². The second-order valence-corrected chi connectivity index (χ2v) is 7.12. The lowest BCUT2D eigenvalue weighted by molar-refractivity contribution is 0.0761. The van der Waals surface area contributed by atoms with E-state index in [2.05, 4.69) is 10.3 Å². The summed E-state index contributed by atoms with van der Waals surface area (Å²) in [6.45, 7) is 1.58. The summed E-state index contributed by atoms with van der Waals surface area (Å²) >= 11 is 0. The standard InChI is InChI=1S/C23H23N3O2/c27-22(25-20-12-6-8-17-11-7-13-24-21(17)20)18-9-5-10-19(16-18)23(28)26-14-3-1-2-4-15-26/h5-13,16H,1-4,14-15H2,(H,25,27). The van der Waals surface area contributed by atoms with Crippen molar-refractivity contribution in [2.75, 3.05) is 18.4 Å². The SMILES string of the molecule is O=C(Nc1cccc2cccnc12)c1cccc(C(=O)N2CCCCCC2)c1. The smallest absolute Gasteiger partial charge is 0.255 e. The Morgan fingerprint density at radius 2 is 1.57 bits per heavy atom. The molecule has 3 aromatic rings. The van der Waals surface area contributed by atoms with Gasteiger partial charge in [0.05, 0.1) is 11.2 Å². The first kappa shape index (κ1) is 18.2. The van der Waals surface area contributed by atoms with Crippen molar-refractivity contribution in [3.05, 3.63) is 71.9 Å². The van der Waals surface area contributed by atoms with Crippen LogP contribution in [0.15, 0.2) is 60.8 Å². The number of anilines is 1. The van der Waals surface area contributed by atoms with E-state index in [1.807, 2.05) is 35.2 Å². The molecular weight excluding hydrogens is 350 g/mol. The summed E-state index contributed by atoms with van der Waals surface area (Å²) in [5, 5.41) is 3.89. The molecule has 0 atom stereocenters. The lowest BCUT2D eigenvalue weighted by Crippen LogP contribution is -2.32. The van der Waals surface area contributed by atoms with E-state index in [9.17, 15) is 9.59 Å². The molecule has 0 unspecified atom stereocenters. The van der Waals surface area contributed by atoms with Gasteiger partial charge in [0.2, 0.25) is 0 Å². The third-order valence-electron chi connectivity index (χ3n) is 5.15. The number of benzene rings is 2. The van der Waals surface area contributed by atoms with Crippen LogP contribution in [0.1, 0.15) is 46.4 Å². The lowest BCUT2D eigenvalue weighted by Gasteiger charge is -2.20. The topological polar surface area (TPSA) is 62.3 Å². The van der Waals surface area contributed by atoms with Crippen molar-refractivity contribution in [3.8, 4) is 0 Å². The van der Waals surface area contributed by atoms with Gasteiger partial charge in [-0.05, 0) is 43.2 Å². The zero-order valence-electron chi connectivity index (χ0n) is 15.7. The van der Waals surface area contributed by atoms with Crippen molar-refractivity contribution < 1.29 is 9.59 Å². The minimum atomic E-state index is -0.247. The molecule has 142 valence electrons. The summed E-state index contributed by atoms with van der Waals surface area (Å²) in [6, 6.07) is 16.5. The molecule has 2 heterocycles. The maximum Gasteiger partial charge on any atom is 0.255 e. The van der Waals surface area contributed by atoms with Crippen LogP contribution in [0, 0.1) is 0 Å². The molecule has 0 spiro atoms. The minimum absolute atomic E-state index is 0.00313. The third kappa shape index (κ3) is 3.88. The van der Waals surface area contributed by atoms with Crippen LogP contribution in [0.3, 0.4) is 0 Å². The fourth-order valence-corrected chi connectivity index (χ4v) is 3.65. The van der Waals surface area contributed by atoms with E-state index < -0.39 is 0 Å². The Balaban J connectivity index is 1.55. The Bertz CT molecular complexity index is 1000. The van der Waals surface area contributed by atoms with Crippen LogP contribution >= 0.6 is 0 Å². The number of likely N-dealkylation sites (tertiary alicyclic amines) is 1. The van der Waals surface area contributed by atoms with E-state index in [0.717, 1.165) is 36.8 Å². The van der Waals surface area contributed by atoms with Gasteiger partial charge in [-0.2, -0.15) is 0 Å². The molecule has 1 aromatic heterocycles. The quantitative estimate of drug-likeness (QED) is 0.735. The number of nitrogens with zero attached hydrogens (tertiary/aromatic N) is 2. The minimum Gasteiger partial charge on any atom is -0.339 e. The van der Waals surface area contributed by atoms with Gasteiger partial charge in [0.25, 0.3) is 11.8 Å². The number of nitrogens with one attached hydrogen (secondary N) is 1. The monoisotopic (exact) mass is 373 g/mol. The molecular formula is C23H23N3O2. The van der Waals surface area contributed by atoms with Gasteiger partial charge >= 0.3 is 0 Å². The average molecular weight is 373 g/mol. The molecule has 1 N–H and O–H groups in total. The predicted molar refractivity (Wildman–Crippen MR) is 111 cm³/mol. The van der Waals surface area contributed by atoms with Crippen LogP contribution in [0.2, 0.25) is 0 Å². The van der Waals surface area contributed by atoms with E-state index in [1.54, 1.807) is 30.5 Å². The Morgan fingerprint density at radius 1 is 0.857 bits per heavy atom. The molecule has 2 aromatic carbocycles. The molecule has 1 aliphatic heterocycles. The van der Waals surface area contributed by atoms with Crippen molar-refractivity contribution in [1.82, 2.24) is 9.88 Å². The van der Waals surface area contributed by atoms with Gasteiger partial charge in [0, 0.05) is 35.8 Å². The van der Waals surface area contributed by atoms with Crippen LogP contribution in [0.5, 0.6) is 0 Å². The molecule has 28 heavy (non-hydrogen) atoms. The zero-order valence-corrected chi connectivity index (χ0v) is 15.7. The summed E-state index contributed by atoms with van der Waals surface area (Å²) in [5.74, 6) is -0.243. The number of aromatic nitrogens is 1. The Hall–Kier alpha value is -3.21. The first-order valence-corrected chi connectivity index (χ1v) is 9.77. The highest BCUT2D eigenvalue weighted by atomic mass is 16.2. The van der Waals surface area contributed by atoms with Gasteiger partial charge in [-0.1, -0.05) is 37.1 Å². The van der Waals surface area contributed by atoms with E-state index in [0.29, 0.717) is 16.8 Å². The fourth-order valence-electron chi connectivity index (χ4n) is 3.65. The fraction of sp³-hybridized carbons (Fsp3) is 0.261. The second-order valence-electron chi connectivity index (χ2n) is 7.12. The van der Waals surface area contributed by atoms with Crippen molar-refractivity contribution in [2.45, 2.75) is 25.7 Å². The Labute approximate surface area is 164 Å².